The predicted octanol–water partition coefficient (Wildman–Crippen LogP) is 4.10. The number of rotatable bonds is 2. The average Bonchev–Trinajstić information content (AvgIpc) is 3.13. The van der Waals surface area contributed by atoms with Crippen LogP contribution in [-0.2, 0) is 6.42 Å². The minimum atomic E-state index is 0.118. The van der Waals surface area contributed by atoms with Gasteiger partial charge in [0, 0.05) is 28.1 Å². The van der Waals surface area contributed by atoms with E-state index in [-0.39, 0.29) is 5.78 Å². The molecule has 2 aromatic carbocycles. The lowest BCUT2D eigenvalue weighted by Crippen LogP contribution is -2.02. The molecule has 0 bridgehead atoms. The molecule has 0 radical (unpaired) electrons. The second-order valence-electron chi connectivity index (χ2n) is 5.02. The highest BCUT2D eigenvalue weighted by Crippen LogP contribution is 2.28. The van der Waals surface area contributed by atoms with E-state index >= 15 is 0 Å². The Morgan fingerprint density at radius 3 is 3.05 bits per heavy atom. The molecule has 0 atom stereocenters. The summed E-state index contributed by atoms with van der Waals surface area (Å²) in [6.45, 7) is 0.966. The van der Waals surface area contributed by atoms with Gasteiger partial charge in [-0.3, -0.25) is 4.79 Å². The van der Waals surface area contributed by atoms with E-state index in [4.69, 9.17) is 0 Å². The van der Waals surface area contributed by atoms with Crippen molar-refractivity contribution in [2.45, 2.75) is 6.42 Å². The molecule has 1 aliphatic rings. The monoisotopic (exact) mass is 279 g/mol. The smallest absolute Gasteiger partial charge is 0.194 e. The molecule has 0 aliphatic carbocycles. The van der Waals surface area contributed by atoms with Gasteiger partial charge in [-0.2, -0.15) is 0 Å². The molecule has 0 unspecified atom stereocenters. The highest BCUT2D eigenvalue weighted by Gasteiger charge is 2.16. The summed E-state index contributed by atoms with van der Waals surface area (Å²) in [5.74, 6) is 0.118. The highest BCUT2D eigenvalue weighted by molar-refractivity contribution is 7.17. The fourth-order valence-corrected chi connectivity index (χ4v) is 3.68. The minimum absolute atomic E-state index is 0.118. The highest BCUT2D eigenvalue weighted by atomic mass is 32.1. The Kier molecular flexibility index (Phi) is 2.60. The first-order valence-corrected chi connectivity index (χ1v) is 7.58. The largest absolute Gasteiger partial charge is 0.384 e. The van der Waals surface area contributed by atoms with Gasteiger partial charge in [0.1, 0.15) is 0 Å². The van der Waals surface area contributed by atoms with E-state index in [2.05, 4.69) is 17.4 Å². The van der Waals surface area contributed by atoms with Gasteiger partial charge in [-0.1, -0.05) is 12.1 Å². The molecule has 3 aromatic rings. The van der Waals surface area contributed by atoms with Gasteiger partial charge in [-0.25, -0.2) is 0 Å². The maximum Gasteiger partial charge on any atom is 0.194 e. The molecular weight excluding hydrogens is 266 g/mol. The van der Waals surface area contributed by atoms with Crippen LogP contribution in [0.2, 0.25) is 0 Å². The molecular formula is C17H13NOS. The van der Waals surface area contributed by atoms with Crippen molar-refractivity contribution in [2.75, 3.05) is 11.9 Å². The number of hydrogen-bond donors (Lipinski definition) is 1. The van der Waals surface area contributed by atoms with E-state index in [1.54, 1.807) is 11.3 Å². The van der Waals surface area contributed by atoms with Crippen molar-refractivity contribution in [3.63, 3.8) is 0 Å². The van der Waals surface area contributed by atoms with Crippen LogP contribution in [0.1, 0.15) is 21.5 Å². The molecule has 2 heterocycles. The summed E-state index contributed by atoms with van der Waals surface area (Å²) >= 11 is 1.63. The number of benzene rings is 2. The maximum atomic E-state index is 12.7. The van der Waals surface area contributed by atoms with Crippen LogP contribution in [0, 0.1) is 0 Å². The van der Waals surface area contributed by atoms with Crippen LogP contribution >= 0.6 is 11.3 Å². The molecule has 1 N–H and O–H groups in total. The summed E-state index contributed by atoms with van der Waals surface area (Å²) in [5, 5.41) is 6.50. The SMILES string of the molecule is O=C(c1ccc2c(c1)CCN2)c1cccc2ccsc12. The van der Waals surface area contributed by atoms with Crippen molar-refractivity contribution in [2.24, 2.45) is 0 Å². The Labute approximate surface area is 121 Å². The number of ketones is 1. The van der Waals surface area contributed by atoms with E-state index in [0.29, 0.717) is 0 Å². The van der Waals surface area contributed by atoms with Crippen molar-refractivity contribution < 1.29 is 4.79 Å². The zero-order chi connectivity index (χ0) is 13.5. The molecule has 0 fully saturated rings. The summed E-state index contributed by atoms with van der Waals surface area (Å²) in [4.78, 5) is 12.7. The van der Waals surface area contributed by atoms with Crippen molar-refractivity contribution in [3.8, 4) is 0 Å². The zero-order valence-corrected chi connectivity index (χ0v) is 11.7. The molecule has 20 heavy (non-hydrogen) atoms. The normalized spacial score (nSPS) is 13.2. The van der Waals surface area contributed by atoms with Gasteiger partial charge in [-0.15, -0.1) is 11.3 Å². The van der Waals surface area contributed by atoms with Gasteiger partial charge in [0.05, 0.1) is 0 Å². The van der Waals surface area contributed by atoms with E-state index < -0.39 is 0 Å². The van der Waals surface area contributed by atoms with Crippen molar-refractivity contribution in [3.05, 3.63) is 64.5 Å². The number of nitrogens with one attached hydrogen (secondary N) is 1. The number of carbonyl (C=O) groups is 1. The second-order valence-corrected chi connectivity index (χ2v) is 5.94. The molecule has 0 saturated heterocycles. The lowest BCUT2D eigenvalue weighted by Gasteiger charge is -2.05. The number of fused-ring (bicyclic) bond motifs is 2. The Morgan fingerprint density at radius 1 is 1.15 bits per heavy atom. The second kappa shape index (κ2) is 4.46. The van der Waals surface area contributed by atoms with Crippen molar-refractivity contribution in [1.29, 1.82) is 0 Å². The van der Waals surface area contributed by atoms with Crippen LogP contribution in [0.4, 0.5) is 5.69 Å². The van der Waals surface area contributed by atoms with Gasteiger partial charge in [-0.05, 0) is 53.1 Å². The zero-order valence-electron chi connectivity index (χ0n) is 10.8. The molecule has 2 nitrogen and oxygen atoms in total. The lowest BCUT2D eigenvalue weighted by atomic mass is 9.99. The fourth-order valence-electron chi connectivity index (χ4n) is 2.77. The lowest BCUT2D eigenvalue weighted by molar-refractivity contribution is 0.104. The quantitative estimate of drug-likeness (QED) is 0.716. The van der Waals surface area contributed by atoms with Crippen LogP contribution in [0.5, 0.6) is 0 Å². The molecule has 98 valence electrons. The van der Waals surface area contributed by atoms with Crippen molar-refractivity contribution in [1.82, 2.24) is 0 Å². The van der Waals surface area contributed by atoms with E-state index in [0.717, 1.165) is 39.9 Å². The first-order chi connectivity index (χ1) is 9.83. The fraction of sp³-hybridized carbons (Fsp3) is 0.118. The summed E-state index contributed by atoms with van der Waals surface area (Å²) < 4.78 is 1.08. The van der Waals surface area contributed by atoms with E-state index in [1.807, 2.05) is 35.7 Å². The molecule has 0 saturated carbocycles. The summed E-state index contributed by atoms with van der Waals surface area (Å²) in [6, 6.07) is 14.0. The third-order valence-electron chi connectivity index (χ3n) is 3.80. The third-order valence-corrected chi connectivity index (χ3v) is 4.76. The first kappa shape index (κ1) is 11.7. The van der Waals surface area contributed by atoms with Crippen LogP contribution in [0.3, 0.4) is 0 Å². The maximum absolute atomic E-state index is 12.7. The van der Waals surface area contributed by atoms with Gasteiger partial charge < -0.3 is 5.32 Å². The number of carbonyl (C=O) groups excluding carboxylic acids is 1. The van der Waals surface area contributed by atoms with E-state index in [9.17, 15) is 4.79 Å². The molecule has 0 amide bonds. The Balaban J connectivity index is 1.82. The Bertz CT molecular complexity index is 819. The average molecular weight is 279 g/mol. The van der Waals surface area contributed by atoms with Crippen LogP contribution < -0.4 is 5.32 Å². The Hall–Kier alpha value is -2.13. The standard InChI is InChI=1S/C17H13NOS/c19-16(13-4-5-15-12(10-13)6-8-18-15)14-3-1-2-11-7-9-20-17(11)14/h1-5,7,9-10,18H,6,8H2. The van der Waals surface area contributed by atoms with Crippen LogP contribution in [0.25, 0.3) is 10.1 Å². The molecule has 0 spiro atoms. The summed E-state index contributed by atoms with van der Waals surface area (Å²) in [7, 11) is 0. The van der Waals surface area contributed by atoms with Crippen molar-refractivity contribution >= 4 is 32.9 Å². The van der Waals surface area contributed by atoms with E-state index in [1.165, 1.54) is 5.56 Å². The van der Waals surface area contributed by atoms with Gasteiger partial charge in [0.2, 0.25) is 0 Å². The van der Waals surface area contributed by atoms with Gasteiger partial charge in [0.15, 0.2) is 5.78 Å². The number of anilines is 1. The number of thiophene rings is 1. The third kappa shape index (κ3) is 1.74. The topological polar surface area (TPSA) is 29.1 Å². The molecule has 3 heteroatoms. The minimum Gasteiger partial charge on any atom is -0.384 e. The van der Waals surface area contributed by atoms with Crippen LogP contribution in [0.15, 0.2) is 47.8 Å². The summed E-state index contributed by atoms with van der Waals surface area (Å²) in [5.41, 5.74) is 4.00. The molecule has 1 aliphatic heterocycles. The first-order valence-electron chi connectivity index (χ1n) is 6.71. The van der Waals surface area contributed by atoms with Gasteiger partial charge >= 0.3 is 0 Å². The molecule has 4 rings (SSSR count). The summed E-state index contributed by atoms with van der Waals surface area (Å²) in [6.07, 6.45) is 1.000. The Morgan fingerprint density at radius 2 is 2.10 bits per heavy atom. The predicted molar refractivity (Wildman–Crippen MR) is 83.9 cm³/mol. The van der Waals surface area contributed by atoms with Crippen LogP contribution in [-0.4, -0.2) is 12.3 Å². The number of hydrogen-bond acceptors (Lipinski definition) is 3. The molecule has 1 aromatic heterocycles. The van der Waals surface area contributed by atoms with Gasteiger partial charge in [0.25, 0.3) is 0 Å².